The lowest BCUT2D eigenvalue weighted by atomic mass is 9.87. The minimum absolute atomic E-state index is 0.246. The summed E-state index contributed by atoms with van der Waals surface area (Å²) < 4.78 is 0. The van der Waals surface area contributed by atoms with E-state index >= 15 is 0 Å². The Balaban J connectivity index is 2.46. The molecule has 1 atom stereocenters. The van der Waals surface area contributed by atoms with Gasteiger partial charge in [-0.15, -0.1) is 0 Å². The van der Waals surface area contributed by atoms with E-state index in [-0.39, 0.29) is 5.41 Å². The minimum Gasteiger partial charge on any atom is -0.327 e. The fourth-order valence-electron chi connectivity index (χ4n) is 1.55. The minimum atomic E-state index is 0.246. The van der Waals surface area contributed by atoms with Crippen molar-refractivity contribution in [1.29, 1.82) is 0 Å². The SMILES string of the molecule is CCC(N)CSCc1ccc(C(C)(C)C)cc1. The summed E-state index contributed by atoms with van der Waals surface area (Å²) in [6.07, 6.45) is 1.07. The smallest absolute Gasteiger partial charge is 0.0185 e. The van der Waals surface area contributed by atoms with Crippen LogP contribution in [0.25, 0.3) is 0 Å². The van der Waals surface area contributed by atoms with Crippen molar-refractivity contribution in [3.63, 3.8) is 0 Å². The van der Waals surface area contributed by atoms with Gasteiger partial charge in [0.05, 0.1) is 0 Å². The zero-order chi connectivity index (χ0) is 12.9. The molecule has 0 heterocycles. The topological polar surface area (TPSA) is 26.0 Å². The predicted octanol–water partition coefficient (Wildman–Crippen LogP) is 3.95. The third-order valence-electron chi connectivity index (χ3n) is 2.94. The van der Waals surface area contributed by atoms with Crippen LogP contribution in [0.1, 0.15) is 45.2 Å². The van der Waals surface area contributed by atoms with Crippen LogP contribution in [-0.2, 0) is 11.2 Å². The Morgan fingerprint density at radius 1 is 1.18 bits per heavy atom. The van der Waals surface area contributed by atoms with Gasteiger partial charge in [0.25, 0.3) is 0 Å². The maximum atomic E-state index is 5.90. The van der Waals surface area contributed by atoms with Gasteiger partial charge in [-0.2, -0.15) is 11.8 Å². The Labute approximate surface area is 110 Å². The van der Waals surface area contributed by atoms with Crippen LogP contribution in [0, 0.1) is 0 Å². The molecule has 0 aliphatic carbocycles. The molecule has 1 aromatic rings. The molecule has 0 aliphatic rings. The Bertz CT molecular complexity index is 324. The first-order valence-corrected chi connectivity index (χ1v) is 7.51. The van der Waals surface area contributed by atoms with Crippen LogP contribution in [0.15, 0.2) is 24.3 Å². The maximum absolute atomic E-state index is 5.90. The van der Waals surface area contributed by atoms with Crippen molar-refractivity contribution in [1.82, 2.24) is 0 Å². The number of rotatable bonds is 5. The molecule has 2 heteroatoms. The van der Waals surface area contributed by atoms with Crippen molar-refractivity contribution in [2.45, 2.75) is 51.3 Å². The first-order valence-electron chi connectivity index (χ1n) is 6.36. The van der Waals surface area contributed by atoms with Crippen LogP contribution in [-0.4, -0.2) is 11.8 Å². The first kappa shape index (κ1) is 14.6. The number of hydrogen-bond acceptors (Lipinski definition) is 2. The second-order valence-electron chi connectivity index (χ2n) is 5.63. The second-order valence-corrected chi connectivity index (χ2v) is 6.66. The monoisotopic (exact) mass is 251 g/mol. The van der Waals surface area contributed by atoms with E-state index in [0.29, 0.717) is 6.04 Å². The average Bonchev–Trinajstić information content (AvgIpc) is 2.28. The second kappa shape index (κ2) is 6.46. The molecule has 0 fully saturated rings. The highest BCUT2D eigenvalue weighted by molar-refractivity contribution is 7.98. The summed E-state index contributed by atoms with van der Waals surface area (Å²) in [5.74, 6) is 2.12. The van der Waals surface area contributed by atoms with Crippen LogP contribution in [0.5, 0.6) is 0 Å². The fourth-order valence-corrected chi connectivity index (χ4v) is 2.63. The zero-order valence-electron chi connectivity index (χ0n) is 11.5. The van der Waals surface area contributed by atoms with Gasteiger partial charge in [-0.25, -0.2) is 0 Å². The molecule has 0 saturated heterocycles. The van der Waals surface area contributed by atoms with Gasteiger partial charge in [0.1, 0.15) is 0 Å². The van der Waals surface area contributed by atoms with Crippen molar-refractivity contribution in [3.05, 3.63) is 35.4 Å². The maximum Gasteiger partial charge on any atom is 0.0185 e. The number of thioether (sulfide) groups is 1. The van der Waals surface area contributed by atoms with E-state index in [0.717, 1.165) is 17.9 Å². The fraction of sp³-hybridized carbons (Fsp3) is 0.600. The average molecular weight is 251 g/mol. The van der Waals surface area contributed by atoms with E-state index < -0.39 is 0 Å². The number of nitrogens with two attached hydrogens (primary N) is 1. The Morgan fingerprint density at radius 3 is 2.24 bits per heavy atom. The van der Waals surface area contributed by atoms with E-state index in [9.17, 15) is 0 Å². The van der Waals surface area contributed by atoms with Crippen LogP contribution >= 0.6 is 11.8 Å². The molecule has 0 saturated carbocycles. The molecule has 96 valence electrons. The molecule has 1 unspecified atom stereocenters. The highest BCUT2D eigenvalue weighted by Crippen LogP contribution is 2.23. The van der Waals surface area contributed by atoms with Gasteiger partial charge in [-0.05, 0) is 23.0 Å². The van der Waals surface area contributed by atoms with Gasteiger partial charge in [0, 0.05) is 17.5 Å². The summed E-state index contributed by atoms with van der Waals surface area (Å²) in [6.45, 7) is 8.88. The van der Waals surface area contributed by atoms with Gasteiger partial charge >= 0.3 is 0 Å². The van der Waals surface area contributed by atoms with Crippen LogP contribution in [0.2, 0.25) is 0 Å². The van der Waals surface area contributed by atoms with Gasteiger partial charge in [0.15, 0.2) is 0 Å². The summed E-state index contributed by atoms with van der Waals surface area (Å²) in [5.41, 5.74) is 8.94. The number of hydrogen-bond donors (Lipinski definition) is 1. The summed E-state index contributed by atoms with van der Waals surface area (Å²) in [4.78, 5) is 0. The molecule has 0 spiro atoms. The molecule has 17 heavy (non-hydrogen) atoms. The third-order valence-corrected chi connectivity index (χ3v) is 4.15. The van der Waals surface area contributed by atoms with Crippen molar-refractivity contribution >= 4 is 11.8 Å². The Morgan fingerprint density at radius 2 is 1.76 bits per heavy atom. The van der Waals surface area contributed by atoms with E-state index in [4.69, 9.17) is 5.73 Å². The molecule has 1 aromatic carbocycles. The lowest BCUT2D eigenvalue weighted by molar-refractivity contribution is 0.590. The Hall–Kier alpha value is -0.470. The molecule has 1 nitrogen and oxygen atoms in total. The quantitative estimate of drug-likeness (QED) is 0.857. The van der Waals surface area contributed by atoms with Crippen molar-refractivity contribution in [2.75, 3.05) is 5.75 Å². The largest absolute Gasteiger partial charge is 0.327 e. The molecule has 2 N–H and O–H groups in total. The van der Waals surface area contributed by atoms with Crippen molar-refractivity contribution < 1.29 is 0 Å². The summed E-state index contributed by atoms with van der Waals surface area (Å²) >= 11 is 1.93. The van der Waals surface area contributed by atoms with Gasteiger partial charge in [0.2, 0.25) is 0 Å². The lowest BCUT2D eigenvalue weighted by Crippen LogP contribution is -2.21. The zero-order valence-corrected chi connectivity index (χ0v) is 12.3. The summed E-state index contributed by atoms with van der Waals surface area (Å²) in [6, 6.07) is 9.32. The van der Waals surface area contributed by atoms with Crippen molar-refractivity contribution in [3.8, 4) is 0 Å². The molecular formula is C15H25NS. The van der Waals surface area contributed by atoms with Gasteiger partial charge in [-0.3, -0.25) is 0 Å². The van der Waals surface area contributed by atoms with Crippen LogP contribution in [0.3, 0.4) is 0 Å². The van der Waals surface area contributed by atoms with Gasteiger partial charge < -0.3 is 5.73 Å². The molecule has 0 aromatic heterocycles. The van der Waals surface area contributed by atoms with E-state index in [1.54, 1.807) is 0 Å². The third kappa shape index (κ3) is 5.13. The number of benzene rings is 1. The molecule has 0 amide bonds. The molecular weight excluding hydrogens is 226 g/mol. The van der Waals surface area contributed by atoms with E-state index in [1.165, 1.54) is 11.1 Å². The van der Waals surface area contributed by atoms with Gasteiger partial charge in [-0.1, -0.05) is 52.0 Å². The molecule has 0 bridgehead atoms. The predicted molar refractivity (Wildman–Crippen MR) is 79.6 cm³/mol. The Kier molecular flexibility index (Phi) is 5.54. The highest BCUT2D eigenvalue weighted by atomic mass is 32.2. The van der Waals surface area contributed by atoms with Crippen LogP contribution in [0.4, 0.5) is 0 Å². The first-order chi connectivity index (χ1) is 7.93. The van der Waals surface area contributed by atoms with E-state index in [1.807, 2.05) is 11.8 Å². The lowest BCUT2D eigenvalue weighted by Gasteiger charge is -2.19. The molecule has 1 rings (SSSR count). The molecule has 0 radical (unpaired) electrons. The molecule has 0 aliphatic heterocycles. The summed E-state index contributed by atoms with van der Waals surface area (Å²) in [7, 11) is 0. The summed E-state index contributed by atoms with van der Waals surface area (Å²) in [5, 5.41) is 0. The highest BCUT2D eigenvalue weighted by Gasteiger charge is 2.12. The normalized spacial score (nSPS) is 13.7. The van der Waals surface area contributed by atoms with Crippen molar-refractivity contribution in [2.24, 2.45) is 5.73 Å². The van der Waals surface area contributed by atoms with E-state index in [2.05, 4.69) is 52.0 Å². The van der Waals surface area contributed by atoms with Crippen LogP contribution < -0.4 is 5.73 Å². The standard InChI is InChI=1S/C15H25NS/c1-5-14(16)11-17-10-12-6-8-13(9-7-12)15(2,3)4/h6-9,14H,5,10-11,16H2,1-4H3.